The zero-order valence-corrected chi connectivity index (χ0v) is 13.6. The van der Waals surface area contributed by atoms with E-state index in [9.17, 15) is 9.18 Å². The van der Waals surface area contributed by atoms with Gasteiger partial charge < -0.3 is 10.6 Å². The van der Waals surface area contributed by atoms with Crippen LogP contribution >= 0.6 is 11.6 Å². The number of anilines is 1. The van der Waals surface area contributed by atoms with Crippen molar-refractivity contribution < 1.29 is 9.18 Å². The van der Waals surface area contributed by atoms with Gasteiger partial charge in [0.15, 0.2) is 0 Å². The SMILES string of the molecule is CC1(C(=O)NCCc2ccc(F)cc2Cl)Cc2ccccc2N1. The van der Waals surface area contributed by atoms with E-state index in [0.717, 1.165) is 16.8 Å². The van der Waals surface area contributed by atoms with Gasteiger partial charge in [-0.3, -0.25) is 4.79 Å². The lowest BCUT2D eigenvalue weighted by molar-refractivity contribution is -0.124. The first-order valence-corrected chi connectivity index (χ1v) is 7.94. The molecule has 0 aromatic heterocycles. The molecule has 1 aliphatic rings. The molecule has 0 spiro atoms. The lowest BCUT2D eigenvalue weighted by Gasteiger charge is -2.24. The average Bonchev–Trinajstić information content (AvgIpc) is 2.87. The Hall–Kier alpha value is -2.07. The van der Waals surface area contributed by atoms with Gasteiger partial charge in [-0.15, -0.1) is 0 Å². The van der Waals surface area contributed by atoms with Crippen LogP contribution in [0.2, 0.25) is 5.02 Å². The minimum atomic E-state index is -0.643. The molecule has 3 rings (SSSR count). The van der Waals surface area contributed by atoms with E-state index in [1.54, 1.807) is 6.07 Å². The number of benzene rings is 2. The molecule has 120 valence electrons. The maximum absolute atomic E-state index is 13.0. The normalized spacial score (nSPS) is 19.1. The summed E-state index contributed by atoms with van der Waals surface area (Å²) in [6.07, 6.45) is 1.22. The van der Waals surface area contributed by atoms with Crippen LogP contribution in [0.25, 0.3) is 0 Å². The van der Waals surface area contributed by atoms with E-state index in [1.807, 2.05) is 31.2 Å². The van der Waals surface area contributed by atoms with Gasteiger partial charge in [0.25, 0.3) is 0 Å². The second-order valence-electron chi connectivity index (χ2n) is 6.03. The minimum Gasteiger partial charge on any atom is -0.371 e. The van der Waals surface area contributed by atoms with Gasteiger partial charge >= 0.3 is 0 Å². The summed E-state index contributed by atoms with van der Waals surface area (Å²) in [5.74, 6) is -0.407. The summed E-state index contributed by atoms with van der Waals surface area (Å²) < 4.78 is 13.0. The zero-order chi connectivity index (χ0) is 16.4. The molecule has 0 saturated carbocycles. The van der Waals surface area contributed by atoms with Gasteiger partial charge in [-0.1, -0.05) is 35.9 Å². The van der Waals surface area contributed by atoms with Gasteiger partial charge in [0, 0.05) is 23.7 Å². The Balaban J connectivity index is 1.58. The van der Waals surface area contributed by atoms with E-state index in [0.29, 0.717) is 24.4 Å². The van der Waals surface area contributed by atoms with Gasteiger partial charge in [0.1, 0.15) is 11.4 Å². The smallest absolute Gasteiger partial charge is 0.245 e. The predicted octanol–water partition coefficient (Wildman–Crippen LogP) is 3.56. The van der Waals surface area contributed by atoms with Crippen molar-refractivity contribution in [2.75, 3.05) is 11.9 Å². The molecule has 23 heavy (non-hydrogen) atoms. The molecule has 1 amide bonds. The standard InChI is InChI=1S/C18H18ClFN2O/c1-18(11-13-4-2-3-5-16(13)22-18)17(23)21-9-8-12-6-7-14(20)10-15(12)19/h2-7,10,22H,8-9,11H2,1H3,(H,21,23). The molecule has 0 bridgehead atoms. The Morgan fingerprint density at radius 2 is 2.13 bits per heavy atom. The number of nitrogens with one attached hydrogen (secondary N) is 2. The van der Waals surface area contributed by atoms with Crippen molar-refractivity contribution in [1.29, 1.82) is 0 Å². The van der Waals surface area contributed by atoms with Crippen LogP contribution in [0.4, 0.5) is 10.1 Å². The van der Waals surface area contributed by atoms with Gasteiger partial charge in [0.05, 0.1) is 0 Å². The zero-order valence-electron chi connectivity index (χ0n) is 12.8. The molecule has 1 atom stereocenters. The largest absolute Gasteiger partial charge is 0.371 e. The van der Waals surface area contributed by atoms with Gasteiger partial charge in [-0.25, -0.2) is 4.39 Å². The Labute approximate surface area is 139 Å². The summed E-state index contributed by atoms with van der Waals surface area (Å²) in [6.45, 7) is 2.35. The number of halogens is 2. The first kappa shape index (κ1) is 15.8. The van der Waals surface area contributed by atoms with Crippen LogP contribution in [-0.4, -0.2) is 18.0 Å². The number of carbonyl (C=O) groups is 1. The van der Waals surface area contributed by atoms with E-state index >= 15 is 0 Å². The Bertz CT molecular complexity index is 723. The second-order valence-corrected chi connectivity index (χ2v) is 6.44. The van der Waals surface area contributed by atoms with E-state index in [4.69, 9.17) is 11.6 Å². The van der Waals surface area contributed by atoms with E-state index in [-0.39, 0.29) is 11.7 Å². The van der Waals surface area contributed by atoms with E-state index in [1.165, 1.54) is 12.1 Å². The topological polar surface area (TPSA) is 41.1 Å². The fraction of sp³-hybridized carbons (Fsp3) is 0.278. The van der Waals surface area contributed by atoms with Crippen molar-refractivity contribution in [3.8, 4) is 0 Å². The molecule has 3 nitrogen and oxygen atoms in total. The third-order valence-electron chi connectivity index (χ3n) is 4.17. The highest BCUT2D eigenvalue weighted by Crippen LogP contribution is 2.32. The molecule has 2 aromatic rings. The molecular weight excluding hydrogens is 315 g/mol. The maximum Gasteiger partial charge on any atom is 0.245 e. The van der Waals surface area contributed by atoms with Crippen molar-refractivity contribution in [3.63, 3.8) is 0 Å². The third-order valence-corrected chi connectivity index (χ3v) is 4.52. The Kier molecular flexibility index (Phi) is 4.26. The highest BCUT2D eigenvalue weighted by Gasteiger charge is 2.38. The second kappa shape index (κ2) is 6.20. The first-order chi connectivity index (χ1) is 11.0. The van der Waals surface area contributed by atoms with Crippen LogP contribution in [-0.2, 0) is 17.6 Å². The molecule has 0 saturated heterocycles. The molecule has 0 aliphatic carbocycles. The summed E-state index contributed by atoms with van der Waals surface area (Å²) in [7, 11) is 0. The summed E-state index contributed by atoms with van der Waals surface area (Å²) in [5, 5.41) is 6.61. The van der Waals surface area contributed by atoms with Gasteiger partial charge in [0.2, 0.25) is 5.91 Å². The number of amides is 1. The lowest BCUT2D eigenvalue weighted by Crippen LogP contribution is -2.49. The molecule has 1 aliphatic heterocycles. The number of rotatable bonds is 4. The highest BCUT2D eigenvalue weighted by molar-refractivity contribution is 6.31. The molecule has 5 heteroatoms. The van der Waals surface area contributed by atoms with Crippen LogP contribution in [0.15, 0.2) is 42.5 Å². The van der Waals surface area contributed by atoms with E-state index < -0.39 is 5.54 Å². The molecular formula is C18H18ClFN2O. The fourth-order valence-corrected chi connectivity index (χ4v) is 3.15. The third kappa shape index (κ3) is 3.32. The van der Waals surface area contributed by atoms with Crippen LogP contribution in [0.3, 0.4) is 0 Å². The first-order valence-electron chi connectivity index (χ1n) is 7.56. The molecule has 0 radical (unpaired) electrons. The average molecular weight is 333 g/mol. The van der Waals surface area contributed by atoms with Crippen molar-refractivity contribution in [2.24, 2.45) is 0 Å². The Morgan fingerprint density at radius 1 is 1.35 bits per heavy atom. The van der Waals surface area contributed by atoms with Crippen molar-refractivity contribution >= 4 is 23.2 Å². The number of para-hydroxylation sites is 1. The summed E-state index contributed by atoms with van der Waals surface area (Å²) in [6, 6.07) is 12.2. The summed E-state index contributed by atoms with van der Waals surface area (Å²) in [5.41, 5.74) is 2.33. The van der Waals surface area contributed by atoms with Gasteiger partial charge in [-0.2, -0.15) is 0 Å². The molecule has 1 unspecified atom stereocenters. The number of hydrogen-bond acceptors (Lipinski definition) is 2. The molecule has 0 fully saturated rings. The minimum absolute atomic E-state index is 0.0491. The molecule has 2 N–H and O–H groups in total. The van der Waals surface area contributed by atoms with Crippen LogP contribution in [0, 0.1) is 5.82 Å². The van der Waals surface area contributed by atoms with Crippen molar-refractivity contribution in [3.05, 3.63) is 64.4 Å². The van der Waals surface area contributed by atoms with Crippen molar-refractivity contribution in [1.82, 2.24) is 5.32 Å². The lowest BCUT2D eigenvalue weighted by atomic mass is 9.96. The summed E-state index contributed by atoms with van der Waals surface area (Å²) in [4.78, 5) is 12.5. The number of hydrogen-bond donors (Lipinski definition) is 2. The molecule has 2 aromatic carbocycles. The van der Waals surface area contributed by atoms with Gasteiger partial charge in [-0.05, 0) is 42.7 Å². The highest BCUT2D eigenvalue weighted by atomic mass is 35.5. The van der Waals surface area contributed by atoms with Crippen LogP contribution < -0.4 is 10.6 Å². The number of fused-ring (bicyclic) bond motifs is 1. The predicted molar refractivity (Wildman–Crippen MR) is 90.3 cm³/mol. The maximum atomic E-state index is 13.0. The van der Waals surface area contributed by atoms with E-state index in [2.05, 4.69) is 10.6 Å². The fourth-order valence-electron chi connectivity index (χ4n) is 2.89. The Morgan fingerprint density at radius 3 is 2.87 bits per heavy atom. The van der Waals surface area contributed by atoms with Crippen LogP contribution in [0.1, 0.15) is 18.1 Å². The monoisotopic (exact) mass is 332 g/mol. The quantitative estimate of drug-likeness (QED) is 0.898. The van der Waals surface area contributed by atoms with Crippen molar-refractivity contribution in [2.45, 2.75) is 25.3 Å². The summed E-state index contributed by atoms with van der Waals surface area (Å²) >= 11 is 6.00. The van der Waals surface area contributed by atoms with Crippen LogP contribution in [0.5, 0.6) is 0 Å². The molecule has 1 heterocycles. The number of carbonyl (C=O) groups excluding carboxylic acids is 1.